The molecule has 1 aliphatic rings. The van der Waals surface area contributed by atoms with E-state index in [1.165, 1.54) is 6.07 Å². The maximum atomic E-state index is 13.0. The Hall–Kier alpha value is -2.19. The summed E-state index contributed by atoms with van der Waals surface area (Å²) in [6.07, 6.45) is -0.239. The number of ether oxygens (including phenoxy) is 2. The maximum Gasteiger partial charge on any atom is 0.337 e. The molecule has 1 heterocycles. The Morgan fingerprint density at radius 3 is 2.86 bits per heavy atom. The van der Waals surface area contributed by atoms with Crippen molar-refractivity contribution in [2.24, 2.45) is 0 Å². The molecule has 7 nitrogen and oxygen atoms in total. The van der Waals surface area contributed by atoms with Crippen LogP contribution >= 0.6 is 0 Å². The topological polar surface area (TPSA) is 96.9 Å². The number of carboxylic acid groups (broad SMARTS) is 1. The first kappa shape index (κ1) is 15.2. The number of hydrogen-bond donors (Lipinski definition) is 3. The number of aromatic carboxylic acids is 1. The lowest BCUT2D eigenvalue weighted by molar-refractivity contribution is -0.0852. The van der Waals surface area contributed by atoms with Crippen molar-refractivity contribution in [3.63, 3.8) is 0 Å². The van der Waals surface area contributed by atoms with Crippen molar-refractivity contribution in [3.8, 4) is 0 Å². The fourth-order valence-corrected chi connectivity index (χ4v) is 1.83. The second kappa shape index (κ2) is 7.00. The summed E-state index contributed by atoms with van der Waals surface area (Å²) < 4.78 is 23.5. The third-order valence-corrected chi connectivity index (χ3v) is 2.84. The predicted molar refractivity (Wildman–Crippen MR) is 70.9 cm³/mol. The molecule has 1 unspecified atom stereocenters. The highest BCUT2D eigenvalue weighted by Gasteiger charge is 2.17. The Morgan fingerprint density at radius 1 is 1.38 bits per heavy atom. The fraction of sp³-hybridized carbons (Fsp3) is 0.385. The molecule has 1 fully saturated rings. The van der Waals surface area contributed by atoms with Crippen molar-refractivity contribution < 1.29 is 28.6 Å². The lowest BCUT2D eigenvalue weighted by Crippen LogP contribution is -2.41. The molecule has 1 aromatic carbocycles. The van der Waals surface area contributed by atoms with E-state index < -0.39 is 17.8 Å². The van der Waals surface area contributed by atoms with Crippen molar-refractivity contribution in [3.05, 3.63) is 29.6 Å². The van der Waals surface area contributed by atoms with Crippen LogP contribution in [0.3, 0.4) is 0 Å². The second-order valence-corrected chi connectivity index (χ2v) is 4.40. The number of anilines is 1. The van der Waals surface area contributed by atoms with Gasteiger partial charge in [0.15, 0.2) is 0 Å². The zero-order valence-corrected chi connectivity index (χ0v) is 11.1. The number of carboxylic acids is 1. The number of carbonyl (C=O) groups excluding carboxylic acids is 1. The molecule has 0 aromatic heterocycles. The molecule has 0 saturated carbocycles. The van der Waals surface area contributed by atoms with Gasteiger partial charge in [0.1, 0.15) is 5.82 Å². The number of amides is 2. The van der Waals surface area contributed by atoms with Crippen LogP contribution in [-0.4, -0.2) is 49.6 Å². The van der Waals surface area contributed by atoms with E-state index in [2.05, 4.69) is 10.6 Å². The van der Waals surface area contributed by atoms with E-state index >= 15 is 0 Å². The van der Waals surface area contributed by atoms with Gasteiger partial charge in [0.25, 0.3) is 0 Å². The first-order valence-electron chi connectivity index (χ1n) is 6.33. The molecule has 0 aliphatic carbocycles. The van der Waals surface area contributed by atoms with Crippen LogP contribution in [0.15, 0.2) is 18.2 Å². The average molecular weight is 298 g/mol. The monoisotopic (exact) mass is 298 g/mol. The summed E-state index contributed by atoms with van der Waals surface area (Å²) in [4.78, 5) is 22.7. The fourth-order valence-electron chi connectivity index (χ4n) is 1.83. The summed E-state index contributed by atoms with van der Waals surface area (Å²) >= 11 is 0. The molecule has 114 valence electrons. The Labute approximate surface area is 120 Å². The van der Waals surface area contributed by atoms with Crippen molar-refractivity contribution in [2.75, 3.05) is 31.7 Å². The zero-order chi connectivity index (χ0) is 15.2. The van der Waals surface area contributed by atoms with E-state index in [0.717, 1.165) is 12.1 Å². The van der Waals surface area contributed by atoms with Gasteiger partial charge in [-0.05, 0) is 18.2 Å². The lowest BCUT2D eigenvalue weighted by Gasteiger charge is -2.23. The number of nitrogens with one attached hydrogen (secondary N) is 2. The largest absolute Gasteiger partial charge is 0.478 e. The normalized spacial score (nSPS) is 18.0. The molecule has 0 bridgehead atoms. The van der Waals surface area contributed by atoms with Crippen molar-refractivity contribution >= 4 is 17.7 Å². The van der Waals surface area contributed by atoms with Gasteiger partial charge in [0, 0.05) is 6.54 Å². The minimum Gasteiger partial charge on any atom is -0.478 e. The van der Waals surface area contributed by atoms with Gasteiger partial charge < -0.3 is 25.2 Å². The van der Waals surface area contributed by atoms with E-state index in [1.54, 1.807) is 0 Å². The van der Waals surface area contributed by atoms with E-state index in [-0.39, 0.29) is 23.9 Å². The first-order valence-corrected chi connectivity index (χ1v) is 6.33. The van der Waals surface area contributed by atoms with Crippen LogP contribution in [-0.2, 0) is 9.47 Å². The van der Waals surface area contributed by atoms with Gasteiger partial charge in [-0.15, -0.1) is 0 Å². The highest BCUT2D eigenvalue weighted by Crippen LogP contribution is 2.17. The molecule has 0 radical (unpaired) electrons. The zero-order valence-electron chi connectivity index (χ0n) is 11.1. The quantitative estimate of drug-likeness (QED) is 0.772. The van der Waals surface area contributed by atoms with E-state index in [9.17, 15) is 14.0 Å². The first-order chi connectivity index (χ1) is 10.1. The maximum absolute atomic E-state index is 13.0. The molecule has 2 rings (SSSR count). The average Bonchev–Trinajstić information content (AvgIpc) is 2.48. The molecule has 1 atom stereocenters. The summed E-state index contributed by atoms with van der Waals surface area (Å²) in [6.45, 7) is 1.61. The Balaban J connectivity index is 1.91. The van der Waals surface area contributed by atoms with E-state index in [0.29, 0.717) is 19.8 Å². The molecule has 1 saturated heterocycles. The van der Waals surface area contributed by atoms with Gasteiger partial charge in [-0.1, -0.05) is 0 Å². The predicted octanol–water partition coefficient (Wildman–Crippen LogP) is 1.06. The number of halogens is 1. The standard InChI is InChI=1S/C13H15FN2O5/c14-8-1-2-11(10(5-8)12(17)18)16-13(19)15-6-9-7-20-3-4-21-9/h1-2,5,9H,3-4,6-7H2,(H,17,18)(H2,15,16,19). The number of rotatable bonds is 4. The van der Waals surface area contributed by atoms with Crippen LogP contribution in [0.5, 0.6) is 0 Å². The Bertz CT molecular complexity index is 531. The third kappa shape index (κ3) is 4.40. The molecule has 3 N–H and O–H groups in total. The highest BCUT2D eigenvalue weighted by molar-refractivity contribution is 5.99. The van der Waals surface area contributed by atoms with E-state index in [1.807, 2.05) is 0 Å². The molecular weight excluding hydrogens is 283 g/mol. The minimum atomic E-state index is -1.33. The summed E-state index contributed by atoms with van der Waals surface area (Å²) in [6, 6.07) is 2.51. The Morgan fingerprint density at radius 2 is 2.19 bits per heavy atom. The van der Waals surface area contributed by atoms with Gasteiger partial charge in [-0.3, -0.25) is 0 Å². The van der Waals surface area contributed by atoms with Crippen LogP contribution in [0, 0.1) is 5.82 Å². The smallest absolute Gasteiger partial charge is 0.337 e. The van der Waals surface area contributed by atoms with Crippen LogP contribution in [0.1, 0.15) is 10.4 Å². The van der Waals surface area contributed by atoms with Crippen molar-refractivity contribution in [1.82, 2.24) is 5.32 Å². The molecule has 1 aromatic rings. The van der Waals surface area contributed by atoms with E-state index in [4.69, 9.17) is 14.6 Å². The molecule has 21 heavy (non-hydrogen) atoms. The van der Waals surface area contributed by atoms with Gasteiger partial charge >= 0.3 is 12.0 Å². The summed E-state index contributed by atoms with van der Waals surface area (Å²) in [5.41, 5.74) is -0.301. The van der Waals surface area contributed by atoms with Crippen LogP contribution in [0.4, 0.5) is 14.9 Å². The SMILES string of the molecule is O=C(NCC1COCCO1)Nc1ccc(F)cc1C(=O)O. The summed E-state index contributed by atoms with van der Waals surface area (Å²) in [5.74, 6) is -2.01. The van der Waals surface area contributed by atoms with Gasteiger partial charge in [0.05, 0.1) is 37.2 Å². The van der Waals surface area contributed by atoms with Gasteiger partial charge in [0.2, 0.25) is 0 Å². The third-order valence-electron chi connectivity index (χ3n) is 2.84. The summed E-state index contributed by atoms with van der Waals surface area (Å²) in [5, 5.41) is 13.9. The molecule has 0 spiro atoms. The van der Waals surface area contributed by atoms with Crippen molar-refractivity contribution in [2.45, 2.75) is 6.10 Å². The van der Waals surface area contributed by atoms with Gasteiger partial charge in [-0.25, -0.2) is 14.0 Å². The minimum absolute atomic E-state index is 0.0159. The number of carbonyl (C=O) groups is 2. The number of urea groups is 1. The molecule has 1 aliphatic heterocycles. The molecular formula is C13H15FN2O5. The van der Waals surface area contributed by atoms with Crippen LogP contribution in [0.2, 0.25) is 0 Å². The van der Waals surface area contributed by atoms with Crippen molar-refractivity contribution in [1.29, 1.82) is 0 Å². The number of hydrogen-bond acceptors (Lipinski definition) is 4. The lowest BCUT2D eigenvalue weighted by atomic mass is 10.2. The van der Waals surface area contributed by atoms with Crippen LogP contribution < -0.4 is 10.6 Å². The Kier molecular flexibility index (Phi) is 5.07. The number of benzene rings is 1. The molecule has 2 amide bonds. The van der Waals surface area contributed by atoms with Gasteiger partial charge in [-0.2, -0.15) is 0 Å². The second-order valence-electron chi connectivity index (χ2n) is 4.40. The van der Waals surface area contributed by atoms with Crippen LogP contribution in [0.25, 0.3) is 0 Å². The highest BCUT2D eigenvalue weighted by atomic mass is 19.1. The molecule has 8 heteroatoms. The summed E-state index contributed by atoms with van der Waals surface area (Å²) in [7, 11) is 0.